The summed E-state index contributed by atoms with van der Waals surface area (Å²) in [6.07, 6.45) is 2.93. The summed E-state index contributed by atoms with van der Waals surface area (Å²) >= 11 is 7.36. The summed E-state index contributed by atoms with van der Waals surface area (Å²) < 4.78 is 0. The largest absolute Gasteiger partial charge is 0.322 e. The van der Waals surface area contributed by atoms with Gasteiger partial charge in [-0.3, -0.25) is 14.9 Å². The zero-order valence-electron chi connectivity index (χ0n) is 10.9. The summed E-state index contributed by atoms with van der Waals surface area (Å²) in [7, 11) is 0. The molecule has 108 valence electrons. The molecule has 1 amide bonds. The maximum Gasteiger partial charge on any atom is 0.288 e. The molecule has 2 rings (SSSR count). The highest BCUT2D eigenvalue weighted by molar-refractivity contribution is 7.98. The molecule has 0 bridgehead atoms. The molecule has 0 saturated carbocycles. The number of amides is 1. The molecular formula is C13H10ClN3O3S. The number of hydrogen-bond donors (Lipinski definition) is 1. The third kappa shape index (κ3) is 3.71. The van der Waals surface area contributed by atoms with Gasteiger partial charge in [-0.05, 0) is 24.5 Å². The number of benzene rings is 1. The van der Waals surface area contributed by atoms with Crippen molar-refractivity contribution in [2.75, 3.05) is 11.6 Å². The number of rotatable bonds is 4. The Bertz CT molecular complexity index is 709. The van der Waals surface area contributed by atoms with Crippen molar-refractivity contribution in [2.45, 2.75) is 4.90 Å². The highest BCUT2D eigenvalue weighted by atomic mass is 35.5. The van der Waals surface area contributed by atoms with Crippen LogP contribution in [0, 0.1) is 10.1 Å². The van der Waals surface area contributed by atoms with Gasteiger partial charge >= 0.3 is 0 Å². The molecule has 8 heteroatoms. The van der Waals surface area contributed by atoms with Crippen molar-refractivity contribution in [1.29, 1.82) is 0 Å². The minimum atomic E-state index is -0.631. The molecular weight excluding hydrogens is 314 g/mol. The number of carbonyl (C=O) groups excluding carboxylic acids is 1. The number of carbonyl (C=O) groups is 1. The number of halogens is 1. The molecule has 0 atom stereocenters. The van der Waals surface area contributed by atoms with E-state index >= 15 is 0 Å². The number of hydrogen-bond acceptors (Lipinski definition) is 5. The van der Waals surface area contributed by atoms with Crippen LogP contribution in [0.5, 0.6) is 0 Å². The van der Waals surface area contributed by atoms with Crippen LogP contribution in [0.4, 0.5) is 11.4 Å². The molecule has 0 aliphatic rings. The van der Waals surface area contributed by atoms with Gasteiger partial charge in [0.25, 0.3) is 11.6 Å². The molecule has 0 radical (unpaired) electrons. The van der Waals surface area contributed by atoms with Gasteiger partial charge in [0.2, 0.25) is 0 Å². The summed E-state index contributed by atoms with van der Waals surface area (Å²) in [6.45, 7) is 0. The number of thioether (sulfide) groups is 1. The molecule has 0 saturated heterocycles. The lowest BCUT2D eigenvalue weighted by molar-refractivity contribution is -0.385. The molecule has 21 heavy (non-hydrogen) atoms. The maximum atomic E-state index is 12.1. The predicted octanol–water partition coefficient (Wildman–Crippen LogP) is 3.62. The second kappa shape index (κ2) is 6.55. The second-order valence-electron chi connectivity index (χ2n) is 3.98. The summed E-state index contributed by atoms with van der Waals surface area (Å²) in [5, 5.41) is 13.3. The van der Waals surface area contributed by atoms with Gasteiger partial charge in [-0.15, -0.1) is 11.8 Å². The Morgan fingerprint density at radius 3 is 2.86 bits per heavy atom. The van der Waals surface area contributed by atoms with Gasteiger partial charge in [0, 0.05) is 16.6 Å². The average Bonchev–Trinajstić information content (AvgIpc) is 2.47. The van der Waals surface area contributed by atoms with Crippen LogP contribution in [0.3, 0.4) is 0 Å². The topological polar surface area (TPSA) is 85.1 Å². The predicted molar refractivity (Wildman–Crippen MR) is 82.1 cm³/mol. The van der Waals surface area contributed by atoms with Crippen molar-refractivity contribution >= 4 is 40.6 Å². The molecule has 0 aliphatic carbocycles. The molecule has 6 nitrogen and oxygen atoms in total. The fourth-order valence-electron chi connectivity index (χ4n) is 1.60. The van der Waals surface area contributed by atoms with Crippen molar-refractivity contribution in [1.82, 2.24) is 4.98 Å². The molecule has 2 aromatic rings. The molecule has 1 N–H and O–H groups in total. The smallest absolute Gasteiger partial charge is 0.288 e. The van der Waals surface area contributed by atoms with E-state index in [1.165, 1.54) is 11.8 Å². The van der Waals surface area contributed by atoms with Crippen LogP contribution in [-0.2, 0) is 0 Å². The van der Waals surface area contributed by atoms with E-state index in [-0.39, 0.29) is 16.4 Å². The Hall–Kier alpha value is -2.12. The average molecular weight is 324 g/mol. The number of anilines is 1. The first-order chi connectivity index (χ1) is 10.0. The van der Waals surface area contributed by atoms with Gasteiger partial charge in [0.05, 0.1) is 10.5 Å². The summed E-state index contributed by atoms with van der Waals surface area (Å²) in [5.74, 6) is -0.547. The van der Waals surface area contributed by atoms with E-state index < -0.39 is 10.8 Å². The van der Waals surface area contributed by atoms with Gasteiger partial charge in [-0.25, -0.2) is 4.98 Å². The van der Waals surface area contributed by atoms with E-state index in [0.29, 0.717) is 5.69 Å². The Morgan fingerprint density at radius 1 is 1.43 bits per heavy atom. The monoisotopic (exact) mass is 323 g/mol. The van der Waals surface area contributed by atoms with Crippen LogP contribution in [0.15, 0.2) is 41.4 Å². The maximum absolute atomic E-state index is 12.1. The van der Waals surface area contributed by atoms with Crippen molar-refractivity contribution in [3.05, 3.63) is 57.4 Å². The van der Waals surface area contributed by atoms with Crippen LogP contribution >= 0.6 is 23.4 Å². The molecule has 1 heterocycles. The van der Waals surface area contributed by atoms with Crippen molar-refractivity contribution in [3.63, 3.8) is 0 Å². The number of pyridine rings is 1. The highest BCUT2D eigenvalue weighted by Gasteiger charge is 2.17. The molecule has 1 aromatic carbocycles. The lowest BCUT2D eigenvalue weighted by Gasteiger charge is -2.07. The molecule has 0 fully saturated rings. The van der Waals surface area contributed by atoms with E-state index in [1.54, 1.807) is 18.2 Å². The van der Waals surface area contributed by atoms with E-state index in [9.17, 15) is 14.9 Å². The second-order valence-corrected chi connectivity index (χ2v) is 5.21. The number of aromatic nitrogens is 1. The van der Waals surface area contributed by atoms with Gasteiger partial charge in [0.15, 0.2) is 0 Å². The highest BCUT2D eigenvalue weighted by Crippen LogP contribution is 2.22. The van der Waals surface area contributed by atoms with Crippen LogP contribution in [-0.4, -0.2) is 22.1 Å². The summed E-state index contributed by atoms with van der Waals surface area (Å²) in [5.41, 5.74) is 0.247. The SMILES string of the molecule is CSc1cccc(NC(=O)c2cc([N+](=O)[O-])cnc2Cl)c1. The van der Waals surface area contributed by atoms with Crippen LogP contribution in [0.1, 0.15) is 10.4 Å². The van der Waals surface area contributed by atoms with Crippen LogP contribution in [0.2, 0.25) is 5.15 Å². The Balaban J connectivity index is 2.27. The van der Waals surface area contributed by atoms with Gasteiger partial charge in [0.1, 0.15) is 11.3 Å². The van der Waals surface area contributed by atoms with E-state index in [4.69, 9.17) is 11.6 Å². The molecule has 0 spiro atoms. The Kier molecular flexibility index (Phi) is 4.77. The first-order valence-electron chi connectivity index (χ1n) is 5.76. The third-order valence-corrected chi connectivity index (χ3v) is 3.63. The fraction of sp³-hybridized carbons (Fsp3) is 0.0769. The standard InChI is InChI=1S/C13H10ClN3O3S/c1-21-10-4-2-3-8(5-10)16-13(18)11-6-9(17(19)20)7-15-12(11)14/h2-7H,1H3,(H,16,18). The first-order valence-corrected chi connectivity index (χ1v) is 7.37. The number of nitro groups is 1. The Labute approximate surface area is 129 Å². The number of nitrogens with zero attached hydrogens (tertiary/aromatic N) is 2. The van der Waals surface area contributed by atoms with Crippen LogP contribution < -0.4 is 5.32 Å². The molecule has 0 aliphatic heterocycles. The normalized spacial score (nSPS) is 10.2. The van der Waals surface area contributed by atoms with E-state index in [1.807, 2.05) is 12.3 Å². The van der Waals surface area contributed by atoms with E-state index in [2.05, 4.69) is 10.3 Å². The lowest BCUT2D eigenvalue weighted by atomic mass is 10.2. The third-order valence-electron chi connectivity index (χ3n) is 2.61. The van der Waals surface area contributed by atoms with Crippen molar-refractivity contribution < 1.29 is 9.72 Å². The van der Waals surface area contributed by atoms with E-state index in [0.717, 1.165) is 17.2 Å². The minimum Gasteiger partial charge on any atom is -0.322 e. The van der Waals surface area contributed by atoms with Gasteiger partial charge in [-0.2, -0.15) is 0 Å². The zero-order chi connectivity index (χ0) is 15.4. The molecule has 0 unspecified atom stereocenters. The van der Waals surface area contributed by atoms with Gasteiger partial charge < -0.3 is 5.32 Å². The van der Waals surface area contributed by atoms with Crippen molar-refractivity contribution in [2.24, 2.45) is 0 Å². The summed E-state index contributed by atoms with van der Waals surface area (Å²) in [4.78, 5) is 26.9. The zero-order valence-corrected chi connectivity index (χ0v) is 12.4. The lowest BCUT2D eigenvalue weighted by Crippen LogP contribution is -2.13. The molecule has 1 aromatic heterocycles. The van der Waals surface area contributed by atoms with Crippen molar-refractivity contribution in [3.8, 4) is 0 Å². The Morgan fingerprint density at radius 2 is 2.19 bits per heavy atom. The first kappa shape index (κ1) is 15.3. The summed E-state index contributed by atoms with van der Waals surface area (Å²) in [6, 6.07) is 8.32. The quantitative estimate of drug-likeness (QED) is 0.402. The van der Waals surface area contributed by atoms with Crippen LogP contribution in [0.25, 0.3) is 0 Å². The minimum absolute atomic E-state index is 0.0413. The van der Waals surface area contributed by atoms with Gasteiger partial charge in [-0.1, -0.05) is 17.7 Å². The number of nitrogens with one attached hydrogen (secondary N) is 1. The fourth-order valence-corrected chi connectivity index (χ4v) is 2.24.